The Hall–Kier alpha value is -4.82. The third kappa shape index (κ3) is 5.60. The molecule has 0 aliphatic carbocycles. The fourth-order valence-electron chi connectivity index (χ4n) is 5.24. The third-order valence-corrected chi connectivity index (χ3v) is 7.72. The molecule has 0 saturated heterocycles. The summed E-state index contributed by atoms with van der Waals surface area (Å²) in [5, 5.41) is 0. The lowest BCUT2D eigenvalue weighted by molar-refractivity contribution is 0.390. The zero-order valence-corrected chi connectivity index (χ0v) is 23.9. The zero-order valence-electron chi connectivity index (χ0n) is 23.9. The van der Waals surface area contributed by atoms with Gasteiger partial charge in [-0.1, -0.05) is 123 Å². The fraction of sp³-hybridized carbons (Fsp3) is 0.128. The molecular weight excluding hydrogens is 500 g/mol. The van der Waals surface area contributed by atoms with E-state index in [0.29, 0.717) is 0 Å². The van der Waals surface area contributed by atoms with Gasteiger partial charge in [0.15, 0.2) is 0 Å². The number of rotatable bonds is 6. The molecule has 0 radical (unpaired) electrons. The summed E-state index contributed by atoms with van der Waals surface area (Å²) in [5.41, 5.74) is 10.2. The van der Waals surface area contributed by atoms with Gasteiger partial charge in [-0.3, -0.25) is 0 Å². The summed E-state index contributed by atoms with van der Waals surface area (Å²) in [6.45, 7) is 6.52. The van der Waals surface area contributed by atoms with Crippen molar-refractivity contribution in [2.75, 3.05) is 0 Å². The Bertz CT molecular complexity index is 1640. The Morgan fingerprint density at radius 1 is 0.488 bits per heavy atom. The van der Waals surface area contributed by atoms with E-state index in [-0.39, 0.29) is 0 Å². The van der Waals surface area contributed by atoms with Crippen LogP contribution >= 0.6 is 0 Å². The van der Waals surface area contributed by atoms with Gasteiger partial charge in [-0.05, 0) is 60.3 Å². The summed E-state index contributed by atoms with van der Waals surface area (Å²) in [5.74, 6) is 3.26. The highest BCUT2D eigenvalue weighted by atomic mass is 16.5. The molecule has 4 aromatic rings. The molecule has 202 valence electrons. The summed E-state index contributed by atoms with van der Waals surface area (Å²) in [6.07, 6.45) is 8.37. The van der Waals surface area contributed by atoms with Gasteiger partial charge < -0.3 is 9.47 Å². The van der Waals surface area contributed by atoms with Gasteiger partial charge in [0.2, 0.25) is 0 Å². The second kappa shape index (κ2) is 11.7. The number of hydrogen-bond acceptors (Lipinski definition) is 2. The van der Waals surface area contributed by atoms with Gasteiger partial charge in [0.1, 0.15) is 23.0 Å². The monoisotopic (exact) mass is 534 g/mol. The van der Waals surface area contributed by atoms with Gasteiger partial charge in [0.25, 0.3) is 0 Å². The largest absolute Gasteiger partial charge is 0.456 e. The van der Waals surface area contributed by atoms with Crippen molar-refractivity contribution in [1.82, 2.24) is 0 Å². The fourth-order valence-corrected chi connectivity index (χ4v) is 5.24. The van der Waals surface area contributed by atoms with Crippen molar-refractivity contribution in [2.24, 2.45) is 0 Å². The van der Waals surface area contributed by atoms with E-state index in [1.807, 2.05) is 36.4 Å². The predicted molar refractivity (Wildman–Crippen MR) is 170 cm³/mol. The lowest BCUT2D eigenvalue weighted by Crippen LogP contribution is -2.07. The SMILES string of the molecule is CCc1ccc(C2=CC(=C3C=C(c4ccccc4)OC(c4ccccc4)=C3)OC(c3ccc(CC)cc3)=C2C)cc1. The topological polar surface area (TPSA) is 18.5 Å². The number of allylic oxidation sites excluding steroid dienone is 6. The van der Waals surface area contributed by atoms with Crippen LogP contribution in [0.4, 0.5) is 0 Å². The first kappa shape index (κ1) is 26.4. The van der Waals surface area contributed by atoms with Crippen LogP contribution in [0.25, 0.3) is 22.9 Å². The van der Waals surface area contributed by atoms with Crippen molar-refractivity contribution in [3.8, 4) is 0 Å². The maximum Gasteiger partial charge on any atom is 0.138 e. The average Bonchev–Trinajstić information content (AvgIpc) is 3.05. The first-order valence-electron chi connectivity index (χ1n) is 14.4. The molecule has 2 aliphatic rings. The Labute approximate surface area is 243 Å². The van der Waals surface area contributed by atoms with Crippen LogP contribution in [0.15, 0.2) is 144 Å². The van der Waals surface area contributed by atoms with Crippen LogP contribution in [-0.4, -0.2) is 0 Å². The highest BCUT2D eigenvalue weighted by Crippen LogP contribution is 2.41. The average molecular weight is 535 g/mol. The van der Waals surface area contributed by atoms with Gasteiger partial charge in [-0.2, -0.15) is 0 Å². The van der Waals surface area contributed by atoms with Crippen molar-refractivity contribution in [1.29, 1.82) is 0 Å². The van der Waals surface area contributed by atoms with E-state index < -0.39 is 0 Å². The van der Waals surface area contributed by atoms with E-state index in [9.17, 15) is 0 Å². The maximum atomic E-state index is 6.80. The molecule has 0 atom stereocenters. The molecule has 0 unspecified atom stereocenters. The molecule has 0 amide bonds. The second-order valence-electron chi connectivity index (χ2n) is 10.4. The molecule has 0 fully saturated rings. The van der Waals surface area contributed by atoms with Crippen molar-refractivity contribution in [3.63, 3.8) is 0 Å². The lowest BCUT2D eigenvalue weighted by Gasteiger charge is -2.26. The Morgan fingerprint density at radius 2 is 0.976 bits per heavy atom. The molecule has 2 heterocycles. The first-order chi connectivity index (χ1) is 20.1. The van der Waals surface area contributed by atoms with Crippen LogP contribution in [0.1, 0.15) is 54.2 Å². The Kier molecular flexibility index (Phi) is 7.56. The highest BCUT2D eigenvalue weighted by molar-refractivity contribution is 5.91. The van der Waals surface area contributed by atoms with Gasteiger partial charge in [0.05, 0.1) is 0 Å². The summed E-state index contributed by atoms with van der Waals surface area (Å²) in [4.78, 5) is 0. The van der Waals surface area contributed by atoms with E-state index in [1.54, 1.807) is 0 Å². The molecule has 2 nitrogen and oxygen atoms in total. The molecule has 0 saturated carbocycles. The summed E-state index contributed by atoms with van der Waals surface area (Å²) >= 11 is 0. The van der Waals surface area contributed by atoms with E-state index in [2.05, 4.69) is 112 Å². The molecular formula is C39H34O2. The number of hydrogen-bond donors (Lipinski definition) is 0. The van der Waals surface area contributed by atoms with Gasteiger partial charge in [0, 0.05) is 27.8 Å². The summed E-state index contributed by atoms with van der Waals surface area (Å²) < 4.78 is 13.3. The Balaban J connectivity index is 1.54. The third-order valence-electron chi connectivity index (χ3n) is 7.72. The molecule has 2 aliphatic heterocycles. The van der Waals surface area contributed by atoms with Crippen LogP contribution in [-0.2, 0) is 22.3 Å². The quantitative estimate of drug-likeness (QED) is 0.245. The van der Waals surface area contributed by atoms with Crippen LogP contribution in [0.5, 0.6) is 0 Å². The number of benzene rings is 4. The minimum Gasteiger partial charge on any atom is -0.456 e. The summed E-state index contributed by atoms with van der Waals surface area (Å²) in [7, 11) is 0. The molecule has 41 heavy (non-hydrogen) atoms. The normalized spacial score (nSPS) is 15.0. The molecule has 0 spiro atoms. The molecule has 4 aromatic carbocycles. The van der Waals surface area contributed by atoms with Crippen molar-refractivity contribution < 1.29 is 9.47 Å². The minimum atomic E-state index is 0.792. The van der Waals surface area contributed by atoms with Gasteiger partial charge in [-0.15, -0.1) is 0 Å². The van der Waals surface area contributed by atoms with E-state index >= 15 is 0 Å². The van der Waals surface area contributed by atoms with Crippen LogP contribution in [0.2, 0.25) is 0 Å². The standard InChI is InChI=1S/C39H34O2/c1-4-28-16-20-30(21-17-28)35-26-38(41-39(27(35)3)33-22-18-29(5-2)19-23-33)34-24-36(31-12-8-6-9-13-31)40-37(25-34)32-14-10-7-11-15-32/h6-26H,4-5H2,1-3H3. The smallest absolute Gasteiger partial charge is 0.138 e. The Morgan fingerprint density at radius 3 is 1.46 bits per heavy atom. The van der Waals surface area contributed by atoms with E-state index in [0.717, 1.165) is 69.3 Å². The lowest BCUT2D eigenvalue weighted by atomic mass is 9.91. The molecule has 0 bridgehead atoms. The molecule has 0 N–H and O–H groups in total. The van der Waals surface area contributed by atoms with E-state index in [4.69, 9.17) is 9.47 Å². The zero-order chi connectivity index (χ0) is 28.2. The van der Waals surface area contributed by atoms with Crippen molar-refractivity contribution in [2.45, 2.75) is 33.6 Å². The van der Waals surface area contributed by atoms with E-state index in [1.165, 1.54) is 16.7 Å². The second-order valence-corrected chi connectivity index (χ2v) is 10.4. The van der Waals surface area contributed by atoms with Gasteiger partial charge in [-0.25, -0.2) is 0 Å². The van der Waals surface area contributed by atoms with Crippen molar-refractivity contribution in [3.05, 3.63) is 178 Å². The predicted octanol–water partition coefficient (Wildman–Crippen LogP) is 10.0. The molecule has 0 aromatic heterocycles. The highest BCUT2D eigenvalue weighted by Gasteiger charge is 2.24. The summed E-state index contributed by atoms with van der Waals surface area (Å²) in [6, 6.07) is 38.1. The first-order valence-corrected chi connectivity index (χ1v) is 14.4. The van der Waals surface area contributed by atoms with Crippen LogP contribution in [0, 0.1) is 0 Å². The maximum absolute atomic E-state index is 6.80. The molecule has 2 heteroatoms. The van der Waals surface area contributed by atoms with Crippen LogP contribution in [0.3, 0.4) is 0 Å². The van der Waals surface area contributed by atoms with Crippen molar-refractivity contribution >= 4 is 22.9 Å². The van der Waals surface area contributed by atoms with Gasteiger partial charge >= 0.3 is 0 Å². The minimum absolute atomic E-state index is 0.792. The molecule has 6 rings (SSSR count). The van der Waals surface area contributed by atoms with Crippen LogP contribution < -0.4 is 0 Å². The number of aryl methyl sites for hydroxylation is 2. The number of ether oxygens (including phenoxy) is 2.